The van der Waals surface area contributed by atoms with Crippen molar-refractivity contribution in [3.05, 3.63) is 376 Å². The van der Waals surface area contributed by atoms with E-state index >= 15 is 0 Å². The first kappa shape index (κ1) is 58.1. The third-order valence-electron chi connectivity index (χ3n) is 17.4. The van der Waals surface area contributed by atoms with Crippen LogP contribution in [0.3, 0.4) is 0 Å². The molecule has 0 bridgehead atoms. The average Bonchev–Trinajstić information content (AvgIpc) is 0.778. The molecular formula is C88H62N8. The maximum Gasteiger partial charge on any atom is 0.0973 e. The molecule has 2 heterocycles. The van der Waals surface area contributed by atoms with Gasteiger partial charge in [0.2, 0.25) is 0 Å². The summed E-state index contributed by atoms with van der Waals surface area (Å²) in [7, 11) is 0. The van der Waals surface area contributed by atoms with Gasteiger partial charge in [-0.2, -0.15) is 0 Å². The third-order valence-corrected chi connectivity index (χ3v) is 17.4. The summed E-state index contributed by atoms with van der Waals surface area (Å²) in [6.07, 6.45) is 0. The van der Waals surface area contributed by atoms with Crippen molar-refractivity contribution in [2.75, 3.05) is 19.6 Å². The van der Waals surface area contributed by atoms with Crippen LogP contribution in [-0.4, -0.2) is 19.9 Å². The van der Waals surface area contributed by atoms with Gasteiger partial charge in [-0.15, -0.1) is 0 Å². The summed E-state index contributed by atoms with van der Waals surface area (Å²) in [6.45, 7) is 0. The molecule has 0 aliphatic heterocycles. The van der Waals surface area contributed by atoms with E-state index in [-0.39, 0.29) is 0 Å². The topological polar surface area (TPSA) is 64.5 Å². The van der Waals surface area contributed by atoms with Crippen molar-refractivity contribution in [3.63, 3.8) is 0 Å². The first-order valence-electron chi connectivity index (χ1n) is 32.3. The smallest absolute Gasteiger partial charge is 0.0973 e. The fourth-order valence-corrected chi connectivity index (χ4v) is 12.8. The molecule has 0 atom stereocenters. The van der Waals surface area contributed by atoms with E-state index in [0.717, 1.165) is 146 Å². The van der Waals surface area contributed by atoms with Gasteiger partial charge in [0.05, 0.1) is 44.8 Å². The highest BCUT2D eigenvalue weighted by atomic mass is 15.2. The van der Waals surface area contributed by atoms with E-state index in [1.807, 2.05) is 0 Å². The van der Waals surface area contributed by atoms with Crippen LogP contribution in [0.25, 0.3) is 78.2 Å². The van der Waals surface area contributed by atoms with Crippen molar-refractivity contribution in [2.45, 2.75) is 0 Å². The number of hydrogen-bond acceptors (Lipinski definition) is 8. The van der Waals surface area contributed by atoms with Crippen LogP contribution in [-0.2, 0) is 0 Å². The molecule has 8 nitrogen and oxygen atoms in total. The Kier molecular flexibility index (Phi) is 15.9. The predicted molar refractivity (Wildman–Crippen MR) is 399 cm³/mol. The number of fused-ring (bicyclic) bond motifs is 2. The lowest BCUT2D eigenvalue weighted by Crippen LogP contribution is -2.09. The van der Waals surface area contributed by atoms with Crippen LogP contribution in [0.2, 0.25) is 0 Å². The molecule has 0 aliphatic carbocycles. The van der Waals surface area contributed by atoms with Crippen LogP contribution in [0.15, 0.2) is 376 Å². The molecule has 2 aromatic heterocycles. The van der Waals surface area contributed by atoms with Crippen LogP contribution in [0, 0.1) is 0 Å². The van der Waals surface area contributed by atoms with Crippen LogP contribution in [0.4, 0.5) is 68.2 Å². The zero-order valence-electron chi connectivity index (χ0n) is 52.4. The number of para-hydroxylation sites is 8. The SMILES string of the molecule is c1ccc(N(c2ccccc2)c2ccc(-c3nc4ccc(-c5ccc6nc(-c7ccc(N(c8ccccc8)c8ccccc8)cc7)c(-c7ccc(N(c8ccccc8)c8ccccc8)cc7)nc6c5)cc4nc3-c3ccc(N(c4ccccc4)c4ccccc4)cc3)cc2)cc1. The maximum absolute atomic E-state index is 5.60. The minimum Gasteiger partial charge on any atom is -0.311 e. The summed E-state index contributed by atoms with van der Waals surface area (Å²) in [6, 6.07) is 131. The molecule has 0 aliphatic rings. The Morgan fingerprint density at radius 3 is 0.479 bits per heavy atom. The molecule has 14 aromatic carbocycles. The quantitative estimate of drug-likeness (QED) is 0.0894. The van der Waals surface area contributed by atoms with Gasteiger partial charge in [-0.1, -0.05) is 206 Å². The molecule has 0 N–H and O–H groups in total. The lowest BCUT2D eigenvalue weighted by Gasteiger charge is -2.26. The minimum atomic E-state index is 0.769. The minimum absolute atomic E-state index is 0.769. The van der Waals surface area contributed by atoms with Crippen LogP contribution >= 0.6 is 0 Å². The zero-order valence-corrected chi connectivity index (χ0v) is 52.4. The molecule has 0 amide bonds. The summed E-state index contributed by atoms with van der Waals surface area (Å²) < 4.78 is 0. The molecule has 454 valence electrons. The lowest BCUT2D eigenvalue weighted by molar-refractivity contribution is 1.26. The molecule has 16 rings (SSSR count). The second kappa shape index (κ2) is 26.3. The van der Waals surface area contributed by atoms with Crippen LogP contribution in [0.5, 0.6) is 0 Å². The molecular weight excluding hydrogens is 1170 g/mol. The van der Waals surface area contributed by atoms with Crippen molar-refractivity contribution in [3.8, 4) is 56.2 Å². The Bertz CT molecular complexity index is 4790. The summed E-state index contributed by atoms with van der Waals surface area (Å²) in [4.78, 5) is 31.3. The van der Waals surface area contributed by atoms with Gasteiger partial charge in [-0.3, -0.25) is 0 Å². The monoisotopic (exact) mass is 1230 g/mol. The fourth-order valence-electron chi connectivity index (χ4n) is 12.8. The molecule has 16 aromatic rings. The molecule has 0 unspecified atom stereocenters. The Morgan fingerprint density at radius 2 is 0.292 bits per heavy atom. The molecule has 0 saturated heterocycles. The summed E-state index contributed by atoms with van der Waals surface area (Å²) in [5, 5.41) is 0. The van der Waals surface area contributed by atoms with E-state index in [1.165, 1.54) is 0 Å². The van der Waals surface area contributed by atoms with Gasteiger partial charge in [0.1, 0.15) is 0 Å². The fraction of sp³-hybridized carbons (Fsp3) is 0. The van der Waals surface area contributed by atoms with Crippen molar-refractivity contribution in [1.29, 1.82) is 0 Å². The molecule has 0 fully saturated rings. The highest BCUT2D eigenvalue weighted by Gasteiger charge is 2.22. The molecule has 0 saturated carbocycles. The van der Waals surface area contributed by atoms with Crippen LogP contribution in [0.1, 0.15) is 0 Å². The Labute approximate surface area is 558 Å². The van der Waals surface area contributed by atoms with E-state index in [9.17, 15) is 0 Å². The molecule has 0 radical (unpaired) electrons. The number of aromatic nitrogens is 4. The van der Waals surface area contributed by atoms with Crippen molar-refractivity contribution in [1.82, 2.24) is 19.9 Å². The number of anilines is 12. The normalized spacial score (nSPS) is 11.1. The second-order valence-electron chi connectivity index (χ2n) is 23.5. The van der Waals surface area contributed by atoms with Gasteiger partial charge in [0, 0.05) is 90.5 Å². The summed E-state index contributed by atoms with van der Waals surface area (Å²) in [5.74, 6) is 0. The lowest BCUT2D eigenvalue weighted by atomic mass is 10.00. The largest absolute Gasteiger partial charge is 0.311 e. The number of nitrogens with zero attached hydrogens (tertiary/aromatic N) is 8. The number of benzene rings is 14. The van der Waals surface area contributed by atoms with Crippen molar-refractivity contribution >= 4 is 90.3 Å². The first-order chi connectivity index (χ1) is 47.6. The van der Waals surface area contributed by atoms with Gasteiger partial charge in [0.25, 0.3) is 0 Å². The molecule has 0 spiro atoms. The highest BCUT2D eigenvalue weighted by Crippen LogP contribution is 2.43. The number of rotatable bonds is 17. The Morgan fingerprint density at radius 1 is 0.135 bits per heavy atom. The predicted octanol–water partition coefficient (Wildman–Crippen LogP) is 23.8. The third kappa shape index (κ3) is 11.9. The van der Waals surface area contributed by atoms with E-state index in [2.05, 4.69) is 396 Å². The van der Waals surface area contributed by atoms with E-state index in [0.29, 0.717) is 0 Å². The first-order valence-corrected chi connectivity index (χ1v) is 32.3. The van der Waals surface area contributed by atoms with Gasteiger partial charge >= 0.3 is 0 Å². The molecule has 96 heavy (non-hydrogen) atoms. The Hall–Kier alpha value is -13.0. The standard InChI is InChI=1S/C88H62N8/c1-9-25-69(26-10-1)93(70-27-11-2-12-28-70)77-51-41-63(42-52-77)85-87(65-45-55-79(56-46-65)95(73-33-17-5-18-34-73)74-35-19-6-20-36-74)91-83-61-67(49-59-81(83)89-85)68-50-60-82-84(62-68)92-88(66-47-57-80(58-48-66)96(75-37-21-7-22-38-75)76-39-23-8-24-40-76)86(90-82)64-43-53-78(54-44-64)94(71-29-13-3-14-30-71)72-31-15-4-16-32-72/h1-62H. The van der Waals surface area contributed by atoms with Crippen LogP contribution < -0.4 is 19.6 Å². The van der Waals surface area contributed by atoms with E-state index < -0.39 is 0 Å². The highest BCUT2D eigenvalue weighted by molar-refractivity contribution is 5.94. The van der Waals surface area contributed by atoms with Gasteiger partial charge in [-0.05, 0) is 181 Å². The summed E-state index contributed by atoms with van der Waals surface area (Å²) >= 11 is 0. The average molecular weight is 1230 g/mol. The van der Waals surface area contributed by atoms with Crippen molar-refractivity contribution < 1.29 is 0 Å². The van der Waals surface area contributed by atoms with Crippen molar-refractivity contribution in [2.24, 2.45) is 0 Å². The zero-order chi connectivity index (χ0) is 64.0. The molecule has 8 heteroatoms. The maximum atomic E-state index is 5.60. The second-order valence-corrected chi connectivity index (χ2v) is 23.5. The number of hydrogen-bond donors (Lipinski definition) is 0. The van der Waals surface area contributed by atoms with Gasteiger partial charge in [-0.25, -0.2) is 19.9 Å². The van der Waals surface area contributed by atoms with Gasteiger partial charge < -0.3 is 19.6 Å². The Balaban J connectivity index is 0.802. The van der Waals surface area contributed by atoms with E-state index in [1.54, 1.807) is 0 Å². The van der Waals surface area contributed by atoms with E-state index in [4.69, 9.17) is 19.9 Å². The summed E-state index contributed by atoms with van der Waals surface area (Å²) in [5.41, 5.74) is 24.6. The van der Waals surface area contributed by atoms with Gasteiger partial charge in [0.15, 0.2) is 0 Å².